The zero-order valence-electron chi connectivity index (χ0n) is 34.4. The summed E-state index contributed by atoms with van der Waals surface area (Å²) >= 11 is 0. The number of nitrogens with two attached hydrogens (primary N) is 1. The molecule has 0 spiro atoms. The highest BCUT2D eigenvalue weighted by Gasteiger charge is 2.22. The molecule has 0 aliphatic carbocycles. The fourth-order valence-corrected chi connectivity index (χ4v) is 8.87. The van der Waals surface area contributed by atoms with Crippen LogP contribution in [0.25, 0.3) is 95.0 Å². The normalized spacial score (nSPS) is 11.3. The highest BCUT2D eigenvalue weighted by Crippen LogP contribution is 2.42. The Morgan fingerprint density at radius 2 is 0.841 bits per heavy atom. The van der Waals surface area contributed by atoms with Gasteiger partial charge in [-0.3, -0.25) is 4.57 Å². The first kappa shape index (κ1) is 37.6. The van der Waals surface area contributed by atoms with Crippen molar-refractivity contribution in [2.45, 2.75) is 6.42 Å². The molecule has 63 heavy (non-hydrogen) atoms. The van der Waals surface area contributed by atoms with E-state index in [1.165, 1.54) is 33.4 Å². The van der Waals surface area contributed by atoms with Gasteiger partial charge in [0.15, 0.2) is 11.6 Å². The molecule has 11 rings (SSSR count). The lowest BCUT2D eigenvalue weighted by molar-refractivity contribution is 0.954. The van der Waals surface area contributed by atoms with E-state index in [4.69, 9.17) is 20.7 Å². The van der Waals surface area contributed by atoms with Gasteiger partial charge >= 0.3 is 0 Å². The fourth-order valence-electron chi connectivity index (χ4n) is 8.87. The summed E-state index contributed by atoms with van der Waals surface area (Å²) in [6.45, 7) is 0. The van der Waals surface area contributed by atoms with Gasteiger partial charge in [-0.1, -0.05) is 218 Å². The van der Waals surface area contributed by atoms with Gasteiger partial charge in [-0.25, -0.2) is 4.98 Å². The summed E-state index contributed by atoms with van der Waals surface area (Å²) in [6, 6.07) is 78.4. The number of hydrogen-bond acceptors (Lipinski definition) is 4. The zero-order valence-corrected chi connectivity index (χ0v) is 34.4. The predicted octanol–water partition coefficient (Wildman–Crippen LogP) is 14.1. The molecule has 0 saturated heterocycles. The monoisotopic (exact) mass is 807 g/mol. The summed E-state index contributed by atoms with van der Waals surface area (Å²) in [4.78, 5) is 15.5. The van der Waals surface area contributed by atoms with Crippen molar-refractivity contribution in [1.82, 2.24) is 19.5 Å². The Morgan fingerprint density at radius 3 is 1.52 bits per heavy atom. The highest BCUT2D eigenvalue weighted by molar-refractivity contribution is 6.15. The third-order valence-electron chi connectivity index (χ3n) is 12.0. The molecule has 9 aromatic carbocycles. The van der Waals surface area contributed by atoms with Crippen molar-refractivity contribution in [1.29, 1.82) is 0 Å². The first-order chi connectivity index (χ1) is 31.2. The van der Waals surface area contributed by atoms with E-state index in [2.05, 4.69) is 193 Å². The van der Waals surface area contributed by atoms with Crippen LogP contribution in [0, 0.1) is 0 Å². The maximum Gasteiger partial charge on any atom is 0.238 e. The number of fused-ring (bicyclic) bond motifs is 3. The molecule has 0 atom stereocenters. The average Bonchev–Trinajstić information content (AvgIpc) is 3.71. The summed E-state index contributed by atoms with van der Waals surface area (Å²) in [5.41, 5.74) is 23.3. The van der Waals surface area contributed by atoms with E-state index in [9.17, 15) is 0 Å². The summed E-state index contributed by atoms with van der Waals surface area (Å²) in [6.07, 6.45) is 0.710. The van der Waals surface area contributed by atoms with Crippen LogP contribution in [0.4, 0.5) is 5.69 Å². The van der Waals surface area contributed by atoms with Gasteiger partial charge in [0.1, 0.15) is 0 Å². The summed E-state index contributed by atoms with van der Waals surface area (Å²) in [5, 5.41) is 2.10. The SMILES string of the molecule is Nc1c(-c2ccccc2Cc2cc(-c3ccccc3)ccc2-c2ccccc2)ccc2c3ccccc3n(-c3nc(-c4ccccc4)nc(-c4ccc(-c5ccccc5)cc4)n3)c12. The van der Waals surface area contributed by atoms with Crippen LogP contribution in [-0.4, -0.2) is 19.5 Å². The van der Waals surface area contributed by atoms with Gasteiger partial charge in [-0.15, -0.1) is 0 Å². The zero-order chi connectivity index (χ0) is 42.1. The molecule has 0 bridgehead atoms. The predicted molar refractivity (Wildman–Crippen MR) is 260 cm³/mol. The fraction of sp³-hybridized carbons (Fsp3) is 0.0172. The topological polar surface area (TPSA) is 69.6 Å². The third kappa shape index (κ3) is 7.11. The maximum absolute atomic E-state index is 7.51. The second-order valence-corrected chi connectivity index (χ2v) is 15.8. The minimum absolute atomic E-state index is 0.500. The molecule has 0 aliphatic heterocycles. The summed E-state index contributed by atoms with van der Waals surface area (Å²) < 4.78 is 2.12. The molecule has 5 heteroatoms. The number of aromatic nitrogens is 4. The van der Waals surface area contributed by atoms with Crippen LogP contribution in [0.15, 0.2) is 224 Å². The van der Waals surface area contributed by atoms with Gasteiger partial charge in [-0.05, 0) is 62.6 Å². The van der Waals surface area contributed by atoms with Crippen molar-refractivity contribution < 1.29 is 0 Å². The van der Waals surface area contributed by atoms with Crippen molar-refractivity contribution in [3.8, 4) is 73.2 Å². The average molecular weight is 808 g/mol. The molecule has 0 fully saturated rings. The van der Waals surface area contributed by atoms with Gasteiger partial charge in [0.05, 0.1) is 16.7 Å². The minimum atomic E-state index is 0.500. The molecule has 0 saturated carbocycles. The molecule has 5 nitrogen and oxygen atoms in total. The molecular weight excluding hydrogens is 767 g/mol. The maximum atomic E-state index is 7.51. The van der Waals surface area contributed by atoms with Crippen molar-refractivity contribution in [2.75, 3.05) is 5.73 Å². The van der Waals surface area contributed by atoms with Crippen LogP contribution >= 0.6 is 0 Å². The largest absolute Gasteiger partial charge is 0.397 e. The number of benzene rings is 9. The molecule has 2 aromatic heterocycles. The van der Waals surface area contributed by atoms with Crippen LogP contribution in [0.1, 0.15) is 11.1 Å². The van der Waals surface area contributed by atoms with E-state index in [0.717, 1.165) is 55.2 Å². The molecular formula is C58H41N5. The van der Waals surface area contributed by atoms with Crippen LogP contribution in [0.2, 0.25) is 0 Å². The van der Waals surface area contributed by atoms with E-state index < -0.39 is 0 Å². The summed E-state index contributed by atoms with van der Waals surface area (Å²) in [5.74, 6) is 1.66. The number of nitrogen functional groups attached to an aromatic ring is 1. The highest BCUT2D eigenvalue weighted by atomic mass is 15.2. The molecule has 298 valence electrons. The van der Waals surface area contributed by atoms with Crippen molar-refractivity contribution in [3.05, 3.63) is 236 Å². The Bertz CT molecular complexity index is 3400. The molecule has 11 aromatic rings. The first-order valence-corrected chi connectivity index (χ1v) is 21.3. The lowest BCUT2D eigenvalue weighted by Gasteiger charge is -2.17. The molecule has 2 heterocycles. The molecule has 0 amide bonds. The number of hydrogen-bond donors (Lipinski definition) is 1. The van der Waals surface area contributed by atoms with E-state index in [-0.39, 0.29) is 0 Å². The van der Waals surface area contributed by atoms with E-state index in [0.29, 0.717) is 29.7 Å². The second kappa shape index (κ2) is 16.2. The minimum Gasteiger partial charge on any atom is -0.397 e. The van der Waals surface area contributed by atoms with Gasteiger partial charge in [0.2, 0.25) is 5.95 Å². The third-order valence-corrected chi connectivity index (χ3v) is 12.0. The second-order valence-electron chi connectivity index (χ2n) is 15.8. The Hall–Kier alpha value is -8.41. The standard InChI is InChI=1S/C58H41N5/c59-54-51(49-26-14-13-25-46(49)38-47-37-45(40-19-7-2-8-20-40)33-34-48(47)42-21-9-3-10-22-42)35-36-52-50-27-15-16-28-53(50)63(55(52)54)58-61-56(43-23-11-4-12-24-43)60-57(62-58)44-31-29-41(30-32-44)39-17-5-1-6-18-39/h1-37H,38,59H2. The Balaban J connectivity index is 1.08. The van der Waals surface area contributed by atoms with E-state index in [1.807, 2.05) is 36.4 Å². The van der Waals surface area contributed by atoms with Crippen LogP contribution < -0.4 is 5.73 Å². The van der Waals surface area contributed by atoms with Gasteiger partial charge < -0.3 is 5.73 Å². The van der Waals surface area contributed by atoms with Crippen molar-refractivity contribution >= 4 is 27.5 Å². The van der Waals surface area contributed by atoms with Crippen molar-refractivity contribution in [3.63, 3.8) is 0 Å². The first-order valence-electron chi connectivity index (χ1n) is 21.3. The van der Waals surface area contributed by atoms with Crippen LogP contribution in [-0.2, 0) is 6.42 Å². The number of para-hydroxylation sites is 1. The quantitative estimate of drug-likeness (QED) is 0.148. The number of anilines is 1. The van der Waals surface area contributed by atoms with E-state index in [1.54, 1.807) is 0 Å². The lowest BCUT2D eigenvalue weighted by atomic mass is 9.88. The molecule has 2 N–H and O–H groups in total. The lowest BCUT2D eigenvalue weighted by Crippen LogP contribution is -2.07. The molecule has 0 unspecified atom stereocenters. The Kier molecular flexibility index (Phi) is 9.68. The van der Waals surface area contributed by atoms with Gasteiger partial charge in [-0.2, -0.15) is 9.97 Å². The Labute approximate surface area is 366 Å². The van der Waals surface area contributed by atoms with Crippen molar-refractivity contribution in [2.24, 2.45) is 0 Å². The summed E-state index contributed by atoms with van der Waals surface area (Å²) in [7, 11) is 0. The Morgan fingerprint density at radius 1 is 0.349 bits per heavy atom. The smallest absolute Gasteiger partial charge is 0.238 e. The van der Waals surface area contributed by atoms with Gasteiger partial charge in [0, 0.05) is 27.5 Å². The molecule has 0 aliphatic rings. The number of rotatable bonds is 9. The van der Waals surface area contributed by atoms with Crippen LogP contribution in [0.3, 0.4) is 0 Å². The van der Waals surface area contributed by atoms with E-state index >= 15 is 0 Å². The van der Waals surface area contributed by atoms with Gasteiger partial charge in [0.25, 0.3) is 0 Å². The number of nitrogens with zero attached hydrogens (tertiary/aromatic N) is 4. The van der Waals surface area contributed by atoms with Crippen LogP contribution in [0.5, 0.6) is 0 Å². The molecule has 0 radical (unpaired) electrons.